The molecular formula is C21H23N7O2. The van der Waals surface area contributed by atoms with E-state index >= 15 is 0 Å². The summed E-state index contributed by atoms with van der Waals surface area (Å²) < 4.78 is 14.7. The number of imidazole rings is 1. The molecule has 0 radical (unpaired) electrons. The van der Waals surface area contributed by atoms with Crippen molar-refractivity contribution in [3.05, 3.63) is 42.9 Å². The van der Waals surface area contributed by atoms with E-state index in [0.717, 1.165) is 47.7 Å². The van der Waals surface area contributed by atoms with Crippen LogP contribution in [0.2, 0.25) is 0 Å². The van der Waals surface area contributed by atoms with Crippen LogP contribution in [0.1, 0.15) is 6.92 Å². The zero-order valence-electron chi connectivity index (χ0n) is 17.0. The quantitative estimate of drug-likeness (QED) is 0.505. The van der Waals surface area contributed by atoms with Crippen molar-refractivity contribution in [3.63, 3.8) is 0 Å². The Morgan fingerprint density at radius 1 is 1.10 bits per heavy atom. The lowest BCUT2D eigenvalue weighted by molar-refractivity contribution is 0.122. The van der Waals surface area contributed by atoms with Gasteiger partial charge < -0.3 is 18.9 Å². The monoisotopic (exact) mass is 405 g/mol. The minimum absolute atomic E-state index is 0.486. The Morgan fingerprint density at radius 3 is 2.63 bits per heavy atom. The van der Waals surface area contributed by atoms with Crippen LogP contribution in [-0.4, -0.2) is 62.7 Å². The second kappa shape index (κ2) is 7.75. The molecule has 0 N–H and O–H groups in total. The van der Waals surface area contributed by atoms with Gasteiger partial charge in [-0.05, 0) is 12.5 Å². The van der Waals surface area contributed by atoms with Crippen molar-refractivity contribution in [1.82, 2.24) is 29.3 Å². The highest BCUT2D eigenvalue weighted by molar-refractivity contribution is 5.84. The standard InChI is InChI=1S/C21H23N7O2/c1-3-26-14-22-17-18(26)23-21(24-19(17)27-9-11-30-12-10-27)28-13-16(20(25-28)29-2)15-7-5-4-6-8-15/h4-8,13-14H,3,9-12H2,1-2H3. The first-order chi connectivity index (χ1) is 14.8. The number of benzene rings is 1. The van der Waals surface area contributed by atoms with E-state index in [2.05, 4.69) is 21.9 Å². The number of morpholine rings is 1. The molecular weight excluding hydrogens is 382 g/mol. The smallest absolute Gasteiger partial charge is 0.254 e. The molecule has 0 atom stereocenters. The van der Waals surface area contributed by atoms with Crippen LogP contribution in [0.15, 0.2) is 42.9 Å². The Labute approximate surface area is 173 Å². The zero-order valence-corrected chi connectivity index (χ0v) is 17.0. The van der Waals surface area contributed by atoms with Crippen LogP contribution in [0, 0.1) is 0 Å². The number of hydrogen-bond donors (Lipinski definition) is 0. The Balaban J connectivity index is 1.66. The van der Waals surface area contributed by atoms with Crippen LogP contribution in [0.25, 0.3) is 28.2 Å². The fourth-order valence-corrected chi connectivity index (χ4v) is 3.67. The van der Waals surface area contributed by atoms with E-state index in [1.165, 1.54) is 0 Å². The minimum Gasteiger partial charge on any atom is -0.479 e. The van der Waals surface area contributed by atoms with Crippen molar-refractivity contribution >= 4 is 17.0 Å². The molecule has 0 bridgehead atoms. The molecule has 9 nitrogen and oxygen atoms in total. The van der Waals surface area contributed by atoms with Gasteiger partial charge in [0.1, 0.15) is 0 Å². The van der Waals surface area contributed by atoms with E-state index in [-0.39, 0.29) is 0 Å². The third kappa shape index (κ3) is 3.17. The van der Waals surface area contributed by atoms with Crippen molar-refractivity contribution in [2.24, 2.45) is 0 Å². The van der Waals surface area contributed by atoms with Gasteiger partial charge >= 0.3 is 0 Å². The molecule has 1 aliphatic rings. The summed E-state index contributed by atoms with van der Waals surface area (Å²) in [7, 11) is 1.62. The van der Waals surface area contributed by atoms with Gasteiger partial charge in [0.2, 0.25) is 5.88 Å². The number of hydrogen-bond acceptors (Lipinski definition) is 7. The van der Waals surface area contributed by atoms with Gasteiger partial charge in [-0.3, -0.25) is 0 Å². The maximum Gasteiger partial charge on any atom is 0.254 e. The summed E-state index contributed by atoms with van der Waals surface area (Å²) in [5.41, 5.74) is 3.50. The maximum absolute atomic E-state index is 5.53. The first-order valence-corrected chi connectivity index (χ1v) is 10.0. The third-order valence-corrected chi connectivity index (χ3v) is 5.25. The van der Waals surface area contributed by atoms with E-state index in [1.54, 1.807) is 11.8 Å². The molecule has 0 aliphatic carbocycles. The molecule has 0 saturated carbocycles. The van der Waals surface area contributed by atoms with E-state index < -0.39 is 0 Å². The first kappa shape index (κ1) is 18.6. The number of aryl methyl sites for hydroxylation is 1. The minimum atomic E-state index is 0.486. The largest absolute Gasteiger partial charge is 0.479 e. The molecule has 0 spiro atoms. The number of anilines is 1. The van der Waals surface area contributed by atoms with Gasteiger partial charge in [-0.15, -0.1) is 5.10 Å². The molecule has 5 rings (SSSR count). The van der Waals surface area contributed by atoms with Crippen LogP contribution >= 0.6 is 0 Å². The Morgan fingerprint density at radius 2 is 1.90 bits per heavy atom. The molecule has 1 fully saturated rings. The van der Waals surface area contributed by atoms with Gasteiger partial charge in [0.15, 0.2) is 17.0 Å². The number of ether oxygens (including phenoxy) is 2. The van der Waals surface area contributed by atoms with Crippen molar-refractivity contribution in [2.45, 2.75) is 13.5 Å². The van der Waals surface area contributed by atoms with Gasteiger partial charge in [0, 0.05) is 25.8 Å². The Hall–Kier alpha value is -3.46. The van der Waals surface area contributed by atoms with Crippen molar-refractivity contribution < 1.29 is 9.47 Å². The molecule has 4 heterocycles. The van der Waals surface area contributed by atoms with E-state index in [4.69, 9.17) is 19.4 Å². The number of rotatable bonds is 5. The third-order valence-electron chi connectivity index (χ3n) is 5.25. The van der Waals surface area contributed by atoms with Crippen molar-refractivity contribution in [3.8, 4) is 23.0 Å². The predicted octanol–water partition coefficient (Wildman–Crippen LogP) is 2.54. The summed E-state index contributed by atoms with van der Waals surface area (Å²) in [6.07, 6.45) is 3.72. The average Bonchev–Trinajstić information content (AvgIpc) is 3.43. The first-order valence-electron chi connectivity index (χ1n) is 10.0. The summed E-state index contributed by atoms with van der Waals surface area (Å²) in [4.78, 5) is 16.4. The van der Waals surface area contributed by atoms with Crippen molar-refractivity contribution in [2.75, 3.05) is 38.3 Å². The summed E-state index contributed by atoms with van der Waals surface area (Å²) in [6.45, 7) is 5.71. The highest BCUT2D eigenvalue weighted by atomic mass is 16.5. The summed E-state index contributed by atoms with van der Waals surface area (Å²) in [6, 6.07) is 10.0. The number of methoxy groups -OCH3 is 1. The predicted molar refractivity (Wildman–Crippen MR) is 113 cm³/mol. The molecule has 4 aromatic rings. The Kier molecular flexibility index (Phi) is 4.80. The maximum atomic E-state index is 5.53. The molecule has 0 unspecified atom stereocenters. The lowest BCUT2D eigenvalue weighted by atomic mass is 10.1. The zero-order chi connectivity index (χ0) is 20.5. The fraction of sp³-hybridized carbons (Fsp3) is 0.333. The molecule has 3 aromatic heterocycles. The molecule has 0 amide bonds. The van der Waals surface area contributed by atoms with Gasteiger partial charge in [-0.1, -0.05) is 30.3 Å². The van der Waals surface area contributed by atoms with Crippen molar-refractivity contribution in [1.29, 1.82) is 0 Å². The lowest BCUT2D eigenvalue weighted by Crippen LogP contribution is -2.37. The highest BCUT2D eigenvalue weighted by Gasteiger charge is 2.22. The normalized spacial score (nSPS) is 14.4. The van der Waals surface area contributed by atoms with Gasteiger partial charge in [-0.2, -0.15) is 9.97 Å². The van der Waals surface area contributed by atoms with Crippen LogP contribution < -0.4 is 9.64 Å². The van der Waals surface area contributed by atoms with Gasteiger partial charge in [-0.25, -0.2) is 9.67 Å². The van der Waals surface area contributed by atoms with E-state index in [9.17, 15) is 0 Å². The van der Waals surface area contributed by atoms with Crippen LogP contribution in [0.3, 0.4) is 0 Å². The SMILES string of the molecule is CCn1cnc2c(N3CCOCC3)nc(-n3cc(-c4ccccc4)c(OC)n3)nc21. The number of nitrogens with zero attached hydrogens (tertiary/aromatic N) is 7. The molecule has 9 heteroatoms. The molecule has 154 valence electrons. The highest BCUT2D eigenvalue weighted by Crippen LogP contribution is 2.30. The van der Waals surface area contributed by atoms with Crippen LogP contribution in [0.5, 0.6) is 5.88 Å². The molecule has 1 aromatic carbocycles. The van der Waals surface area contributed by atoms with Gasteiger partial charge in [0.05, 0.1) is 32.2 Å². The lowest BCUT2D eigenvalue weighted by Gasteiger charge is -2.28. The summed E-state index contributed by atoms with van der Waals surface area (Å²) in [5, 5.41) is 4.60. The number of aromatic nitrogens is 6. The van der Waals surface area contributed by atoms with E-state index in [0.29, 0.717) is 25.0 Å². The summed E-state index contributed by atoms with van der Waals surface area (Å²) >= 11 is 0. The molecule has 1 saturated heterocycles. The average molecular weight is 405 g/mol. The summed E-state index contributed by atoms with van der Waals surface area (Å²) in [5.74, 6) is 1.82. The molecule has 1 aliphatic heterocycles. The van der Waals surface area contributed by atoms with E-state index in [1.807, 2.05) is 47.4 Å². The Bertz CT molecular complexity index is 1160. The topological polar surface area (TPSA) is 83.1 Å². The van der Waals surface area contributed by atoms with Gasteiger partial charge in [0.25, 0.3) is 5.95 Å². The second-order valence-electron chi connectivity index (χ2n) is 7.01. The number of fused-ring (bicyclic) bond motifs is 1. The fourth-order valence-electron chi connectivity index (χ4n) is 3.67. The molecule has 30 heavy (non-hydrogen) atoms. The van der Waals surface area contributed by atoms with Crippen LogP contribution in [0.4, 0.5) is 5.82 Å². The van der Waals surface area contributed by atoms with Crippen LogP contribution in [-0.2, 0) is 11.3 Å². The second-order valence-corrected chi connectivity index (χ2v) is 7.01.